The molecular formula is C44H27NS. The Hall–Kier alpha value is -5.44. The molecule has 2 heterocycles. The van der Waals surface area contributed by atoms with Crippen molar-refractivity contribution in [2.45, 2.75) is 12.8 Å². The monoisotopic (exact) mass is 601 g/mol. The average molecular weight is 602 g/mol. The number of para-hydroxylation sites is 1. The predicted octanol–water partition coefficient (Wildman–Crippen LogP) is 12.0. The van der Waals surface area contributed by atoms with E-state index in [1.165, 1.54) is 103 Å². The van der Waals surface area contributed by atoms with Crippen LogP contribution in [0.5, 0.6) is 0 Å². The molecule has 46 heavy (non-hydrogen) atoms. The first-order chi connectivity index (χ1) is 22.8. The minimum absolute atomic E-state index is 0.974. The Morgan fingerprint density at radius 3 is 2.11 bits per heavy atom. The number of hydrogen-bond acceptors (Lipinski definition) is 1. The summed E-state index contributed by atoms with van der Waals surface area (Å²) in [5.41, 5.74) is 17.8. The zero-order valence-corrected chi connectivity index (χ0v) is 25.9. The van der Waals surface area contributed by atoms with E-state index in [1.807, 2.05) is 11.3 Å². The second-order valence-corrected chi connectivity index (χ2v) is 13.9. The number of aromatic nitrogens is 1. The van der Waals surface area contributed by atoms with Crippen molar-refractivity contribution >= 4 is 53.3 Å². The van der Waals surface area contributed by atoms with Gasteiger partial charge in [-0.15, -0.1) is 11.3 Å². The third-order valence-corrected chi connectivity index (χ3v) is 11.7. The van der Waals surface area contributed by atoms with E-state index in [9.17, 15) is 0 Å². The summed E-state index contributed by atoms with van der Waals surface area (Å²) in [6.07, 6.45) is 1.96. The lowest BCUT2D eigenvalue weighted by molar-refractivity contribution is 1.18. The standard InChI is InChI=1S/C44H27NS/c1-2-11-30-26(9-1)24-39-31(30)14-8-15-32(39)35-16-7-10-28-23-27-19-20-29(25-38(27)42(28)35)45-40-17-5-3-12-33(40)36-21-22-37-34-13-4-6-18-41(34)46-44(37)43(36)45/h1-22,25H,23-24H2. The first-order valence-electron chi connectivity index (χ1n) is 16.1. The number of hydrogen-bond donors (Lipinski definition) is 0. The predicted molar refractivity (Wildman–Crippen MR) is 196 cm³/mol. The summed E-state index contributed by atoms with van der Waals surface area (Å²) in [6, 6.07) is 52.3. The smallest absolute Gasteiger partial charge is 0.0719 e. The third kappa shape index (κ3) is 3.24. The molecule has 1 nitrogen and oxygen atoms in total. The Balaban J connectivity index is 1.17. The second-order valence-electron chi connectivity index (χ2n) is 12.8. The Kier molecular flexibility index (Phi) is 4.89. The molecule has 0 bridgehead atoms. The van der Waals surface area contributed by atoms with Gasteiger partial charge in [0, 0.05) is 31.9 Å². The first kappa shape index (κ1) is 24.8. The summed E-state index contributed by atoms with van der Waals surface area (Å²) in [4.78, 5) is 0. The summed E-state index contributed by atoms with van der Waals surface area (Å²) in [6.45, 7) is 0. The van der Waals surface area contributed by atoms with Gasteiger partial charge in [-0.25, -0.2) is 0 Å². The SMILES string of the molecule is c1ccc2c(c1)Cc1c-2cccc1-c1cccc2c1-c1cc(-n3c4ccccc4c4ccc5c6ccccc6sc5c43)ccc1C2. The molecule has 0 spiro atoms. The van der Waals surface area contributed by atoms with Crippen LogP contribution in [0.25, 0.3) is 81.0 Å². The number of nitrogens with zero attached hydrogens (tertiary/aromatic N) is 1. The lowest BCUT2D eigenvalue weighted by atomic mass is 9.89. The minimum Gasteiger partial charge on any atom is -0.308 e. The van der Waals surface area contributed by atoms with Gasteiger partial charge in [-0.05, 0) is 92.7 Å². The molecule has 0 saturated heterocycles. The van der Waals surface area contributed by atoms with Gasteiger partial charge in [0.05, 0.1) is 15.7 Å². The fourth-order valence-corrected chi connectivity index (χ4v) is 9.73. The minimum atomic E-state index is 0.974. The van der Waals surface area contributed by atoms with Crippen LogP contribution in [0.3, 0.4) is 0 Å². The highest BCUT2D eigenvalue weighted by molar-refractivity contribution is 7.26. The largest absolute Gasteiger partial charge is 0.308 e. The van der Waals surface area contributed by atoms with Crippen LogP contribution in [-0.2, 0) is 12.8 Å². The Bertz CT molecular complexity index is 2750. The van der Waals surface area contributed by atoms with E-state index in [1.54, 1.807) is 0 Å². The van der Waals surface area contributed by atoms with Crippen LogP contribution < -0.4 is 0 Å². The average Bonchev–Trinajstić information content (AvgIpc) is 3.86. The molecule has 11 rings (SSSR count). The van der Waals surface area contributed by atoms with Crippen molar-refractivity contribution in [2.24, 2.45) is 0 Å². The van der Waals surface area contributed by atoms with Crippen LogP contribution in [0.2, 0.25) is 0 Å². The van der Waals surface area contributed by atoms with Crippen molar-refractivity contribution in [2.75, 3.05) is 0 Å². The first-order valence-corrected chi connectivity index (χ1v) is 16.9. The van der Waals surface area contributed by atoms with E-state index >= 15 is 0 Å². The summed E-state index contributed by atoms with van der Waals surface area (Å²) < 4.78 is 5.22. The summed E-state index contributed by atoms with van der Waals surface area (Å²) in [7, 11) is 0. The lowest BCUT2D eigenvalue weighted by Gasteiger charge is -2.15. The fraction of sp³-hybridized carbons (Fsp3) is 0.0455. The van der Waals surface area contributed by atoms with Gasteiger partial charge in [0.25, 0.3) is 0 Å². The highest BCUT2D eigenvalue weighted by Crippen LogP contribution is 2.49. The molecule has 2 aliphatic carbocycles. The topological polar surface area (TPSA) is 4.93 Å². The zero-order valence-electron chi connectivity index (χ0n) is 25.0. The van der Waals surface area contributed by atoms with E-state index in [-0.39, 0.29) is 0 Å². The zero-order chi connectivity index (χ0) is 29.9. The number of fused-ring (bicyclic) bond motifs is 13. The molecule has 7 aromatic carbocycles. The van der Waals surface area contributed by atoms with Crippen LogP contribution in [0.4, 0.5) is 0 Å². The van der Waals surface area contributed by atoms with Gasteiger partial charge in [0.1, 0.15) is 0 Å². The molecule has 0 fully saturated rings. The quantitative estimate of drug-likeness (QED) is 0.186. The maximum atomic E-state index is 2.53. The van der Waals surface area contributed by atoms with E-state index in [4.69, 9.17) is 0 Å². The van der Waals surface area contributed by atoms with Crippen molar-refractivity contribution in [3.8, 4) is 39.1 Å². The van der Waals surface area contributed by atoms with E-state index in [0.29, 0.717) is 0 Å². The Morgan fingerprint density at radius 2 is 1.15 bits per heavy atom. The van der Waals surface area contributed by atoms with Crippen molar-refractivity contribution < 1.29 is 0 Å². The van der Waals surface area contributed by atoms with Crippen molar-refractivity contribution in [3.63, 3.8) is 0 Å². The van der Waals surface area contributed by atoms with Crippen molar-refractivity contribution in [1.82, 2.24) is 4.57 Å². The lowest BCUT2D eigenvalue weighted by Crippen LogP contribution is -1.96. The molecular weight excluding hydrogens is 575 g/mol. The molecule has 0 aliphatic heterocycles. The molecule has 0 saturated carbocycles. The number of benzene rings is 7. The number of thiophene rings is 1. The third-order valence-electron chi connectivity index (χ3n) is 10.5. The van der Waals surface area contributed by atoms with Crippen LogP contribution in [0.15, 0.2) is 140 Å². The summed E-state index contributed by atoms with van der Waals surface area (Å²) >= 11 is 1.91. The molecule has 0 unspecified atom stereocenters. The van der Waals surface area contributed by atoms with Gasteiger partial charge in [0.2, 0.25) is 0 Å². The van der Waals surface area contributed by atoms with Gasteiger partial charge in [-0.1, -0.05) is 115 Å². The number of rotatable bonds is 2. The normalized spacial score (nSPS) is 13.0. The van der Waals surface area contributed by atoms with Crippen molar-refractivity contribution in [1.29, 1.82) is 0 Å². The molecule has 2 aromatic heterocycles. The van der Waals surface area contributed by atoms with E-state index < -0.39 is 0 Å². The molecule has 0 radical (unpaired) electrons. The fourth-order valence-electron chi connectivity index (χ4n) is 8.49. The Morgan fingerprint density at radius 1 is 0.457 bits per heavy atom. The second kappa shape index (κ2) is 9.06. The van der Waals surface area contributed by atoms with E-state index in [2.05, 4.69) is 144 Å². The van der Waals surface area contributed by atoms with Gasteiger partial charge < -0.3 is 4.57 Å². The molecule has 214 valence electrons. The summed E-state index contributed by atoms with van der Waals surface area (Å²) in [5.74, 6) is 0. The molecule has 2 aliphatic rings. The molecule has 0 amide bonds. The molecule has 2 heteroatoms. The summed E-state index contributed by atoms with van der Waals surface area (Å²) in [5, 5.41) is 5.30. The van der Waals surface area contributed by atoms with Crippen LogP contribution in [-0.4, -0.2) is 4.57 Å². The van der Waals surface area contributed by atoms with Crippen LogP contribution in [0, 0.1) is 0 Å². The van der Waals surface area contributed by atoms with Gasteiger partial charge in [-0.2, -0.15) is 0 Å². The highest BCUT2D eigenvalue weighted by atomic mass is 32.1. The molecule has 9 aromatic rings. The van der Waals surface area contributed by atoms with Crippen molar-refractivity contribution in [3.05, 3.63) is 162 Å². The highest BCUT2D eigenvalue weighted by Gasteiger charge is 2.27. The van der Waals surface area contributed by atoms with Gasteiger partial charge in [0.15, 0.2) is 0 Å². The maximum Gasteiger partial charge on any atom is 0.0719 e. The van der Waals surface area contributed by atoms with Gasteiger partial charge >= 0.3 is 0 Å². The van der Waals surface area contributed by atoms with Gasteiger partial charge in [-0.3, -0.25) is 0 Å². The van der Waals surface area contributed by atoms with Crippen LogP contribution in [0.1, 0.15) is 22.3 Å². The van der Waals surface area contributed by atoms with Crippen LogP contribution >= 0.6 is 11.3 Å². The molecule has 0 atom stereocenters. The molecule has 0 N–H and O–H groups in total. The Labute approximate surface area is 270 Å². The van der Waals surface area contributed by atoms with E-state index in [0.717, 1.165) is 12.8 Å². The maximum absolute atomic E-state index is 2.53.